The number of hydrogen-bond donors (Lipinski definition) is 0. The molecule has 6 heteroatoms. The summed E-state index contributed by atoms with van der Waals surface area (Å²) in [6, 6.07) is 21.9. The van der Waals surface area contributed by atoms with E-state index in [0.717, 1.165) is 34.6 Å². The fourth-order valence-corrected chi connectivity index (χ4v) is 4.27. The molecule has 2 heterocycles. The molecular weight excluding hydrogens is 400 g/mol. The molecule has 0 N–H and O–H groups in total. The molecule has 0 saturated carbocycles. The fourth-order valence-electron chi connectivity index (χ4n) is 4.09. The maximum absolute atomic E-state index is 6.37. The Kier molecular flexibility index (Phi) is 4.75. The van der Waals surface area contributed by atoms with Crippen molar-refractivity contribution in [2.45, 2.75) is 18.7 Å². The Hall–Kier alpha value is -3.18. The average molecular weight is 421 g/mol. The van der Waals surface area contributed by atoms with E-state index in [1.165, 1.54) is 0 Å². The predicted molar refractivity (Wildman–Crippen MR) is 117 cm³/mol. The first-order valence-electron chi connectivity index (χ1n) is 9.77. The zero-order valence-electron chi connectivity index (χ0n) is 16.7. The molecule has 3 aromatic carbocycles. The van der Waals surface area contributed by atoms with Gasteiger partial charge < -0.3 is 14.2 Å². The van der Waals surface area contributed by atoms with E-state index in [2.05, 4.69) is 12.1 Å². The molecule has 0 aromatic heterocycles. The Bertz CT molecular complexity index is 1120. The van der Waals surface area contributed by atoms with E-state index in [4.69, 9.17) is 30.9 Å². The standard InChI is InChI=1S/C24H21ClN2O3/c1-28-22-10-8-16(12-23(22)29-2)19-14-20-18-13-17(25)9-11-21(18)30-24(27(20)26-19)15-6-4-3-5-7-15/h3-13,20,24H,14H2,1-2H3. The summed E-state index contributed by atoms with van der Waals surface area (Å²) in [4.78, 5) is 0. The van der Waals surface area contributed by atoms with Crippen LogP contribution in [-0.4, -0.2) is 24.9 Å². The van der Waals surface area contributed by atoms with Gasteiger partial charge >= 0.3 is 0 Å². The number of hydrogen-bond acceptors (Lipinski definition) is 5. The molecule has 152 valence electrons. The van der Waals surface area contributed by atoms with Crippen LogP contribution in [0.15, 0.2) is 71.8 Å². The van der Waals surface area contributed by atoms with E-state index in [1.807, 2.05) is 59.6 Å². The van der Waals surface area contributed by atoms with Crippen molar-refractivity contribution >= 4 is 17.3 Å². The lowest BCUT2D eigenvalue weighted by Crippen LogP contribution is -2.33. The number of nitrogens with zero attached hydrogens (tertiary/aromatic N) is 2. The summed E-state index contributed by atoms with van der Waals surface area (Å²) in [7, 11) is 3.27. The first-order chi connectivity index (χ1) is 14.7. The Balaban J connectivity index is 1.58. The van der Waals surface area contributed by atoms with Gasteiger partial charge in [0.15, 0.2) is 11.5 Å². The average Bonchev–Trinajstić information content (AvgIpc) is 3.24. The Morgan fingerprint density at radius 2 is 1.77 bits per heavy atom. The van der Waals surface area contributed by atoms with Gasteiger partial charge in [-0.15, -0.1) is 0 Å². The van der Waals surface area contributed by atoms with Crippen molar-refractivity contribution in [3.05, 3.63) is 88.4 Å². The molecule has 2 aliphatic heterocycles. The van der Waals surface area contributed by atoms with Crippen molar-refractivity contribution in [1.29, 1.82) is 0 Å². The number of ether oxygens (including phenoxy) is 3. The van der Waals surface area contributed by atoms with Gasteiger partial charge in [0.1, 0.15) is 5.75 Å². The van der Waals surface area contributed by atoms with Crippen LogP contribution in [0, 0.1) is 0 Å². The highest BCUT2D eigenvalue weighted by Gasteiger charge is 2.41. The highest BCUT2D eigenvalue weighted by Crippen LogP contribution is 2.48. The normalized spacial score (nSPS) is 19.4. The molecule has 0 bridgehead atoms. The summed E-state index contributed by atoms with van der Waals surface area (Å²) in [5.74, 6) is 2.22. The smallest absolute Gasteiger partial charge is 0.213 e. The van der Waals surface area contributed by atoms with Gasteiger partial charge in [0.2, 0.25) is 6.23 Å². The third-order valence-corrected chi connectivity index (χ3v) is 5.79. The minimum Gasteiger partial charge on any atom is -0.493 e. The minimum atomic E-state index is -0.303. The predicted octanol–water partition coefficient (Wildman–Crippen LogP) is 5.60. The summed E-state index contributed by atoms with van der Waals surface area (Å²) in [5.41, 5.74) is 4.07. The second kappa shape index (κ2) is 7.58. The first kappa shape index (κ1) is 18.8. The summed E-state index contributed by atoms with van der Waals surface area (Å²) in [6.07, 6.45) is 0.442. The van der Waals surface area contributed by atoms with Gasteiger partial charge in [-0.1, -0.05) is 41.9 Å². The van der Waals surface area contributed by atoms with Gasteiger partial charge in [-0.2, -0.15) is 5.10 Å². The number of methoxy groups -OCH3 is 2. The molecule has 0 aliphatic carbocycles. The molecule has 5 rings (SSSR count). The van der Waals surface area contributed by atoms with E-state index in [1.54, 1.807) is 14.2 Å². The zero-order valence-corrected chi connectivity index (χ0v) is 17.5. The highest BCUT2D eigenvalue weighted by molar-refractivity contribution is 6.30. The van der Waals surface area contributed by atoms with Crippen LogP contribution in [0.5, 0.6) is 17.2 Å². The second-order valence-corrected chi connectivity index (χ2v) is 7.72. The first-order valence-corrected chi connectivity index (χ1v) is 10.1. The lowest BCUT2D eigenvalue weighted by molar-refractivity contribution is -0.0190. The molecule has 3 aromatic rings. The molecule has 0 radical (unpaired) electrons. The molecule has 0 spiro atoms. The van der Waals surface area contributed by atoms with E-state index in [9.17, 15) is 0 Å². The van der Waals surface area contributed by atoms with Crippen LogP contribution in [0.1, 0.15) is 35.4 Å². The molecule has 0 fully saturated rings. The highest BCUT2D eigenvalue weighted by atomic mass is 35.5. The number of halogens is 1. The SMILES string of the molecule is COc1ccc(C2=NN3C(C2)c2cc(Cl)ccc2OC3c2ccccc2)cc1OC. The van der Waals surface area contributed by atoms with Crippen LogP contribution in [0.3, 0.4) is 0 Å². The third kappa shape index (κ3) is 3.15. The number of hydrazone groups is 1. The number of fused-ring (bicyclic) bond motifs is 3. The molecule has 30 heavy (non-hydrogen) atoms. The molecule has 5 nitrogen and oxygen atoms in total. The minimum absolute atomic E-state index is 0.0424. The van der Waals surface area contributed by atoms with Crippen molar-refractivity contribution in [3.63, 3.8) is 0 Å². The third-order valence-electron chi connectivity index (χ3n) is 5.55. The summed E-state index contributed by atoms with van der Waals surface area (Å²) < 4.78 is 17.2. The molecular formula is C24H21ClN2O3. The van der Waals surface area contributed by atoms with Gasteiger partial charge in [0.25, 0.3) is 0 Å². The molecule has 0 saturated heterocycles. The molecule has 2 unspecified atom stereocenters. The largest absolute Gasteiger partial charge is 0.493 e. The Labute approximate surface area is 180 Å². The van der Waals surface area contributed by atoms with Crippen molar-refractivity contribution < 1.29 is 14.2 Å². The van der Waals surface area contributed by atoms with E-state index in [-0.39, 0.29) is 12.3 Å². The molecule has 2 atom stereocenters. The van der Waals surface area contributed by atoms with Gasteiger partial charge in [0, 0.05) is 28.1 Å². The quantitative estimate of drug-likeness (QED) is 0.551. The van der Waals surface area contributed by atoms with E-state index >= 15 is 0 Å². The van der Waals surface area contributed by atoms with Crippen molar-refractivity contribution in [1.82, 2.24) is 5.01 Å². The summed E-state index contributed by atoms with van der Waals surface area (Å²) in [6.45, 7) is 0. The van der Waals surface area contributed by atoms with E-state index in [0.29, 0.717) is 16.5 Å². The second-order valence-electron chi connectivity index (χ2n) is 7.28. The lowest BCUT2D eigenvalue weighted by atomic mass is 9.95. The maximum atomic E-state index is 6.37. The van der Waals surface area contributed by atoms with Gasteiger partial charge in [-0.25, -0.2) is 5.01 Å². The van der Waals surface area contributed by atoms with Crippen molar-refractivity contribution in [2.75, 3.05) is 14.2 Å². The van der Waals surface area contributed by atoms with Crippen molar-refractivity contribution in [2.24, 2.45) is 5.10 Å². The summed E-state index contributed by atoms with van der Waals surface area (Å²) in [5, 5.41) is 7.71. The van der Waals surface area contributed by atoms with Gasteiger partial charge in [0.05, 0.1) is 26.0 Å². The molecule has 0 amide bonds. The van der Waals surface area contributed by atoms with Crippen molar-refractivity contribution in [3.8, 4) is 17.2 Å². The zero-order chi connectivity index (χ0) is 20.7. The maximum Gasteiger partial charge on any atom is 0.213 e. The topological polar surface area (TPSA) is 43.3 Å². The Morgan fingerprint density at radius 3 is 2.53 bits per heavy atom. The van der Waals surface area contributed by atoms with Crippen LogP contribution in [-0.2, 0) is 0 Å². The summed E-state index contributed by atoms with van der Waals surface area (Å²) >= 11 is 6.30. The van der Waals surface area contributed by atoms with E-state index < -0.39 is 0 Å². The monoisotopic (exact) mass is 420 g/mol. The Morgan fingerprint density at radius 1 is 0.967 bits per heavy atom. The van der Waals surface area contributed by atoms with Crippen LogP contribution >= 0.6 is 11.6 Å². The van der Waals surface area contributed by atoms with Crippen LogP contribution in [0.4, 0.5) is 0 Å². The van der Waals surface area contributed by atoms with Gasteiger partial charge in [-0.05, 0) is 36.4 Å². The fraction of sp³-hybridized carbons (Fsp3) is 0.208. The van der Waals surface area contributed by atoms with Crippen LogP contribution < -0.4 is 14.2 Å². The van der Waals surface area contributed by atoms with Crippen LogP contribution in [0.2, 0.25) is 5.02 Å². The lowest BCUT2D eigenvalue weighted by Gasteiger charge is -2.38. The molecule has 2 aliphatic rings. The number of benzene rings is 3. The van der Waals surface area contributed by atoms with Crippen LogP contribution in [0.25, 0.3) is 0 Å². The number of rotatable bonds is 4. The van der Waals surface area contributed by atoms with Gasteiger partial charge in [-0.3, -0.25) is 0 Å².